The van der Waals surface area contributed by atoms with E-state index in [9.17, 15) is 4.39 Å². The molecule has 0 radical (unpaired) electrons. The molecule has 1 heterocycles. The fourth-order valence-electron chi connectivity index (χ4n) is 1.61. The number of rotatable bonds is 4. The smallest absolute Gasteiger partial charge is 0.142 e. The van der Waals surface area contributed by atoms with Crippen LogP contribution in [0.2, 0.25) is 0 Å². The quantitative estimate of drug-likeness (QED) is 0.866. The van der Waals surface area contributed by atoms with E-state index >= 15 is 0 Å². The lowest BCUT2D eigenvalue weighted by molar-refractivity contribution is 0.304. The van der Waals surface area contributed by atoms with Gasteiger partial charge in [0.05, 0.1) is 18.4 Å². The van der Waals surface area contributed by atoms with Crippen LogP contribution in [0.15, 0.2) is 30.6 Å². The summed E-state index contributed by atoms with van der Waals surface area (Å²) >= 11 is 0. The molecule has 0 aliphatic carbocycles. The number of benzene rings is 1. The Morgan fingerprint density at radius 3 is 2.95 bits per heavy atom. The molecule has 0 aliphatic heterocycles. The van der Waals surface area contributed by atoms with Gasteiger partial charge in [-0.15, -0.1) is 0 Å². The predicted molar refractivity (Wildman–Crippen MR) is 72.5 cm³/mol. The third-order valence-corrected chi connectivity index (χ3v) is 2.56. The summed E-state index contributed by atoms with van der Waals surface area (Å²) in [4.78, 5) is 0. The Bertz CT molecular complexity index is 641. The standard InChI is InChI=1S/C15H15FN2O2/c1-18-10-12(9-17-18)11-20-14-6-5-13(15(16)8-14)4-2-3-7-19/h5-6,8-10,19H,3,7,11H2,1H3. The molecule has 0 bridgehead atoms. The summed E-state index contributed by atoms with van der Waals surface area (Å²) in [6.45, 7) is 0.309. The third-order valence-electron chi connectivity index (χ3n) is 2.56. The van der Waals surface area contributed by atoms with E-state index in [1.807, 2.05) is 13.2 Å². The largest absolute Gasteiger partial charge is 0.489 e. The predicted octanol–water partition coefficient (Wildman–Crippen LogP) is 1.87. The van der Waals surface area contributed by atoms with E-state index in [0.29, 0.717) is 24.3 Å². The van der Waals surface area contributed by atoms with Crippen molar-refractivity contribution in [3.05, 3.63) is 47.5 Å². The minimum Gasteiger partial charge on any atom is -0.489 e. The van der Waals surface area contributed by atoms with Gasteiger partial charge in [0.1, 0.15) is 18.2 Å². The van der Waals surface area contributed by atoms with Crippen molar-refractivity contribution >= 4 is 0 Å². The third kappa shape index (κ3) is 3.84. The van der Waals surface area contributed by atoms with Crippen molar-refractivity contribution in [2.24, 2.45) is 7.05 Å². The summed E-state index contributed by atoms with van der Waals surface area (Å²) in [6, 6.07) is 4.54. The van der Waals surface area contributed by atoms with Gasteiger partial charge >= 0.3 is 0 Å². The Hall–Kier alpha value is -2.32. The molecule has 1 aromatic heterocycles. The van der Waals surface area contributed by atoms with Gasteiger partial charge in [-0.3, -0.25) is 4.68 Å². The van der Waals surface area contributed by atoms with Gasteiger partial charge in [0.25, 0.3) is 0 Å². The summed E-state index contributed by atoms with van der Waals surface area (Å²) in [5, 5.41) is 12.6. The van der Waals surface area contributed by atoms with Gasteiger partial charge in [-0.1, -0.05) is 11.8 Å². The molecule has 0 unspecified atom stereocenters. The second-order valence-electron chi connectivity index (χ2n) is 4.23. The number of halogens is 1. The molecule has 0 saturated carbocycles. The first-order valence-corrected chi connectivity index (χ1v) is 6.18. The monoisotopic (exact) mass is 274 g/mol. The van der Waals surface area contributed by atoms with Gasteiger partial charge in [0.2, 0.25) is 0 Å². The Morgan fingerprint density at radius 2 is 2.30 bits per heavy atom. The van der Waals surface area contributed by atoms with Crippen molar-refractivity contribution in [2.45, 2.75) is 13.0 Å². The van der Waals surface area contributed by atoms with Gasteiger partial charge < -0.3 is 9.84 Å². The van der Waals surface area contributed by atoms with E-state index in [0.717, 1.165) is 5.56 Å². The summed E-state index contributed by atoms with van der Waals surface area (Å²) in [5.41, 5.74) is 1.21. The van der Waals surface area contributed by atoms with Crippen molar-refractivity contribution < 1.29 is 14.2 Å². The Morgan fingerprint density at radius 1 is 1.45 bits per heavy atom. The Balaban J connectivity index is 2.00. The normalized spacial score (nSPS) is 9.95. The fourth-order valence-corrected chi connectivity index (χ4v) is 1.61. The molecular weight excluding hydrogens is 259 g/mol. The van der Waals surface area contributed by atoms with E-state index in [1.165, 1.54) is 6.07 Å². The zero-order valence-electron chi connectivity index (χ0n) is 11.1. The van der Waals surface area contributed by atoms with Crippen LogP contribution in [0.4, 0.5) is 4.39 Å². The molecule has 0 fully saturated rings. The summed E-state index contributed by atoms with van der Waals surface area (Å²) in [7, 11) is 1.82. The van der Waals surface area contributed by atoms with Crippen LogP contribution in [0, 0.1) is 17.7 Å². The van der Waals surface area contributed by atoms with E-state index in [4.69, 9.17) is 9.84 Å². The van der Waals surface area contributed by atoms with E-state index in [-0.39, 0.29) is 6.61 Å². The summed E-state index contributed by atoms with van der Waals surface area (Å²) < 4.78 is 20.9. The fraction of sp³-hybridized carbons (Fsp3) is 0.267. The molecule has 0 amide bonds. The number of aliphatic hydroxyl groups excluding tert-OH is 1. The van der Waals surface area contributed by atoms with Crippen molar-refractivity contribution in [3.8, 4) is 17.6 Å². The molecule has 0 aliphatic rings. The highest BCUT2D eigenvalue weighted by Gasteiger charge is 2.03. The number of aromatic nitrogens is 2. The van der Waals surface area contributed by atoms with Crippen LogP contribution in [0.1, 0.15) is 17.5 Å². The average Bonchev–Trinajstić information content (AvgIpc) is 2.85. The lowest BCUT2D eigenvalue weighted by atomic mass is 10.2. The van der Waals surface area contributed by atoms with Gasteiger partial charge in [-0.25, -0.2) is 4.39 Å². The number of hydrogen-bond acceptors (Lipinski definition) is 3. The highest BCUT2D eigenvalue weighted by molar-refractivity contribution is 5.39. The topological polar surface area (TPSA) is 47.3 Å². The van der Waals surface area contributed by atoms with E-state index < -0.39 is 5.82 Å². The second kappa shape index (κ2) is 6.73. The highest BCUT2D eigenvalue weighted by atomic mass is 19.1. The van der Waals surface area contributed by atoms with Crippen LogP contribution >= 0.6 is 0 Å². The molecule has 20 heavy (non-hydrogen) atoms. The summed E-state index contributed by atoms with van der Waals surface area (Å²) in [6.07, 6.45) is 3.87. The maximum Gasteiger partial charge on any atom is 0.142 e. The highest BCUT2D eigenvalue weighted by Crippen LogP contribution is 2.17. The molecule has 0 atom stereocenters. The van der Waals surface area contributed by atoms with E-state index in [2.05, 4.69) is 16.9 Å². The number of aliphatic hydroxyl groups is 1. The lowest BCUT2D eigenvalue weighted by Gasteiger charge is -2.05. The van der Waals surface area contributed by atoms with Crippen LogP contribution in [-0.4, -0.2) is 21.5 Å². The first-order chi connectivity index (χ1) is 9.69. The molecule has 0 spiro atoms. The Kier molecular flexibility index (Phi) is 4.75. The van der Waals surface area contributed by atoms with Gasteiger partial charge in [0, 0.05) is 31.3 Å². The lowest BCUT2D eigenvalue weighted by Crippen LogP contribution is -1.95. The van der Waals surface area contributed by atoms with Crippen LogP contribution in [0.5, 0.6) is 5.75 Å². The molecule has 2 rings (SSSR count). The molecule has 2 aromatic rings. The zero-order chi connectivity index (χ0) is 14.4. The average molecular weight is 274 g/mol. The molecule has 104 valence electrons. The number of hydrogen-bond donors (Lipinski definition) is 1. The second-order valence-corrected chi connectivity index (χ2v) is 4.23. The van der Waals surface area contributed by atoms with Gasteiger partial charge in [-0.05, 0) is 12.1 Å². The van der Waals surface area contributed by atoms with Crippen molar-refractivity contribution in [2.75, 3.05) is 6.61 Å². The molecular formula is C15H15FN2O2. The number of nitrogens with zero attached hydrogens (tertiary/aromatic N) is 2. The van der Waals surface area contributed by atoms with Crippen LogP contribution in [0.25, 0.3) is 0 Å². The number of aryl methyl sites for hydroxylation is 1. The van der Waals surface area contributed by atoms with Crippen molar-refractivity contribution in [1.82, 2.24) is 9.78 Å². The van der Waals surface area contributed by atoms with Crippen LogP contribution < -0.4 is 4.74 Å². The zero-order valence-corrected chi connectivity index (χ0v) is 11.1. The number of ether oxygens (including phenoxy) is 1. The van der Waals surface area contributed by atoms with Crippen molar-refractivity contribution in [1.29, 1.82) is 0 Å². The molecule has 0 saturated heterocycles. The molecule has 4 nitrogen and oxygen atoms in total. The van der Waals surface area contributed by atoms with Gasteiger partial charge in [0.15, 0.2) is 0 Å². The minimum atomic E-state index is -0.431. The van der Waals surface area contributed by atoms with Crippen LogP contribution in [0.3, 0.4) is 0 Å². The van der Waals surface area contributed by atoms with Crippen molar-refractivity contribution in [3.63, 3.8) is 0 Å². The SMILES string of the molecule is Cn1cc(COc2ccc(C#CCCO)c(F)c2)cn1. The maximum absolute atomic E-state index is 13.7. The van der Waals surface area contributed by atoms with Crippen LogP contribution in [-0.2, 0) is 13.7 Å². The maximum atomic E-state index is 13.7. The molecule has 5 heteroatoms. The summed E-state index contributed by atoms with van der Waals surface area (Å²) in [5.74, 6) is 5.36. The first-order valence-electron chi connectivity index (χ1n) is 6.18. The Labute approximate surface area is 116 Å². The molecule has 1 aromatic carbocycles. The van der Waals surface area contributed by atoms with Gasteiger partial charge in [-0.2, -0.15) is 5.10 Å². The van der Waals surface area contributed by atoms with E-state index in [1.54, 1.807) is 23.0 Å². The minimum absolute atomic E-state index is 0.0269. The first kappa shape index (κ1) is 14.1. The molecule has 1 N–H and O–H groups in total.